The average Bonchev–Trinajstić information content (AvgIpc) is 2.30. The Bertz CT molecular complexity index is 591. The van der Waals surface area contributed by atoms with Crippen LogP contribution in [0.25, 0.3) is 0 Å². The average molecular weight is 242 g/mol. The number of nitrogen functional groups attached to an aromatic ring is 1. The fourth-order valence-electron chi connectivity index (χ4n) is 1.73. The number of aromatic nitrogens is 2. The fraction of sp³-hybridized carbons (Fsp3) is 0.286. The van der Waals surface area contributed by atoms with Gasteiger partial charge in [0.25, 0.3) is 0 Å². The molecule has 4 nitrogen and oxygen atoms in total. The standard InChI is InChI=1S/C14H18N4/c1-8-5-6-12(7-9(8)2)18-14-10(3)13(15)16-11(4)17-14/h5-7H,1-4H3,(H3,15,16,17,18). The van der Waals surface area contributed by atoms with E-state index in [2.05, 4.69) is 41.3 Å². The molecule has 2 aromatic rings. The minimum atomic E-state index is 0.522. The van der Waals surface area contributed by atoms with Gasteiger partial charge >= 0.3 is 0 Å². The minimum absolute atomic E-state index is 0.522. The number of nitrogens with one attached hydrogen (secondary N) is 1. The maximum atomic E-state index is 5.84. The molecule has 3 N–H and O–H groups in total. The second kappa shape index (κ2) is 4.64. The number of hydrogen-bond donors (Lipinski definition) is 2. The van der Waals surface area contributed by atoms with Crippen LogP contribution >= 0.6 is 0 Å². The van der Waals surface area contributed by atoms with Gasteiger partial charge in [0.05, 0.1) is 0 Å². The van der Waals surface area contributed by atoms with Crippen molar-refractivity contribution in [3.8, 4) is 0 Å². The van der Waals surface area contributed by atoms with Gasteiger partial charge in [-0.1, -0.05) is 6.07 Å². The van der Waals surface area contributed by atoms with Gasteiger partial charge in [-0.15, -0.1) is 0 Å². The van der Waals surface area contributed by atoms with E-state index >= 15 is 0 Å². The van der Waals surface area contributed by atoms with E-state index in [9.17, 15) is 0 Å². The molecule has 2 rings (SSSR count). The van der Waals surface area contributed by atoms with Crippen LogP contribution in [0.5, 0.6) is 0 Å². The number of anilines is 3. The number of rotatable bonds is 2. The van der Waals surface area contributed by atoms with E-state index in [0.717, 1.165) is 17.1 Å². The number of nitrogens with zero attached hydrogens (tertiary/aromatic N) is 2. The molecule has 0 saturated carbocycles. The molecule has 0 bridgehead atoms. The van der Waals surface area contributed by atoms with E-state index in [1.165, 1.54) is 11.1 Å². The summed E-state index contributed by atoms with van der Waals surface area (Å²) in [5.41, 5.74) is 10.2. The Morgan fingerprint density at radius 2 is 1.72 bits per heavy atom. The van der Waals surface area contributed by atoms with E-state index in [1.807, 2.05) is 19.9 Å². The summed E-state index contributed by atoms with van der Waals surface area (Å²) in [6, 6.07) is 6.22. The molecule has 1 aromatic heterocycles. The predicted octanol–water partition coefficient (Wildman–Crippen LogP) is 3.04. The number of benzene rings is 1. The fourth-order valence-corrected chi connectivity index (χ4v) is 1.73. The van der Waals surface area contributed by atoms with Crippen molar-refractivity contribution < 1.29 is 0 Å². The van der Waals surface area contributed by atoms with Crippen LogP contribution in [0.15, 0.2) is 18.2 Å². The Kier molecular flexibility index (Phi) is 3.19. The molecule has 0 unspecified atom stereocenters. The highest BCUT2D eigenvalue weighted by Crippen LogP contribution is 2.23. The molecule has 18 heavy (non-hydrogen) atoms. The third-order valence-corrected chi connectivity index (χ3v) is 3.06. The molecule has 4 heteroatoms. The van der Waals surface area contributed by atoms with E-state index < -0.39 is 0 Å². The molecule has 1 heterocycles. The van der Waals surface area contributed by atoms with Gasteiger partial charge in [-0.3, -0.25) is 0 Å². The summed E-state index contributed by atoms with van der Waals surface area (Å²) < 4.78 is 0. The zero-order valence-corrected chi connectivity index (χ0v) is 11.2. The SMILES string of the molecule is Cc1nc(N)c(C)c(Nc2ccc(C)c(C)c2)n1. The van der Waals surface area contributed by atoms with E-state index in [-0.39, 0.29) is 0 Å². The maximum absolute atomic E-state index is 5.84. The zero-order valence-electron chi connectivity index (χ0n) is 11.2. The molecule has 0 radical (unpaired) electrons. The highest BCUT2D eigenvalue weighted by Gasteiger charge is 2.07. The maximum Gasteiger partial charge on any atom is 0.139 e. The minimum Gasteiger partial charge on any atom is -0.383 e. The summed E-state index contributed by atoms with van der Waals surface area (Å²) in [5.74, 6) is 1.96. The monoisotopic (exact) mass is 242 g/mol. The highest BCUT2D eigenvalue weighted by molar-refractivity contribution is 5.64. The van der Waals surface area contributed by atoms with Gasteiger partial charge in [0, 0.05) is 11.3 Å². The Balaban J connectivity index is 2.36. The summed E-state index contributed by atoms with van der Waals surface area (Å²) in [7, 11) is 0. The Morgan fingerprint density at radius 1 is 1.00 bits per heavy atom. The lowest BCUT2D eigenvalue weighted by molar-refractivity contribution is 1.04. The highest BCUT2D eigenvalue weighted by atomic mass is 15.1. The Morgan fingerprint density at radius 3 is 2.39 bits per heavy atom. The van der Waals surface area contributed by atoms with Gasteiger partial charge in [0.15, 0.2) is 0 Å². The first kappa shape index (κ1) is 12.4. The Hall–Kier alpha value is -2.10. The van der Waals surface area contributed by atoms with Gasteiger partial charge in [-0.25, -0.2) is 9.97 Å². The molecule has 0 aliphatic rings. The molecule has 1 aromatic carbocycles. The van der Waals surface area contributed by atoms with E-state index in [0.29, 0.717) is 11.6 Å². The lowest BCUT2D eigenvalue weighted by Gasteiger charge is -2.12. The largest absolute Gasteiger partial charge is 0.383 e. The van der Waals surface area contributed by atoms with Crippen LogP contribution in [0.2, 0.25) is 0 Å². The lowest BCUT2D eigenvalue weighted by atomic mass is 10.1. The second-order valence-corrected chi connectivity index (χ2v) is 4.55. The van der Waals surface area contributed by atoms with Crippen LogP contribution in [0, 0.1) is 27.7 Å². The second-order valence-electron chi connectivity index (χ2n) is 4.55. The van der Waals surface area contributed by atoms with Crippen molar-refractivity contribution in [2.75, 3.05) is 11.1 Å². The van der Waals surface area contributed by atoms with Crippen LogP contribution in [0.1, 0.15) is 22.5 Å². The molecule has 0 spiro atoms. The first-order chi connectivity index (χ1) is 8.47. The predicted molar refractivity (Wildman–Crippen MR) is 75.1 cm³/mol. The first-order valence-electron chi connectivity index (χ1n) is 5.92. The molecule has 0 amide bonds. The normalized spacial score (nSPS) is 10.4. The van der Waals surface area contributed by atoms with Gasteiger partial charge in [0.1, 0.15) is 17.5 Å². The molecule has 0 saturated heterocycles. The lowest BCUT2D eigenvalue weighted by Crippen LogP contribution is -2.05. The zero-order chi connectivity index (χ0) is 13.3. The third kappa shape index (κ3) is 2.42. The molecular formula is C14H18N4. The summed E-state index contributed by atoms with van der Waals surface area (Å²) in [5, 5.41) is 3.29. The van der Waals surface area contributed by atoms with Crippen molar-refractivity contribution in [3.05, 3.63) is 40.7 Å². The van der Waals surface area contributed by atoms with Gasteiger partial charge in [-0.2, -0.15) is 0 Å². The molecule has 94 valence electrons. The summed E-state index contributed by atoms with van der Waals surface area (Å²) in [6.07, 6.45) is 0. The van der Waals surface area contributed by atoms with Gasteiger partial charge in [0.2, 0.25) is 0 Å². The smallest absolute Gasteiger partial charge is 0.139 e. The molecule has 0 aliphatic carbocycles. The third-order valence-electron chi connectivity index (χ3n) is 3.06. The van der Waals surface area contributed by atoms with Gasteiger partial charge in [-0.05, 0) is 51.0 Å². The molecular weight excluding hydrogens is 224 g/mol. The van der Waals surface area contributed by atoms with Gasteiger partial charge < -0.3 is 11.1 Å². The summed E-state index contributed by atoms with van der Waals surface area (Å²) in [4.78, 5) is 8.51. The quantitative estimate of drug-likeness (QED) is 0.849. The van der Waals surface area contributed by atoms with Crippen molar-refractivity contribution in [2.45, 2.75) is 27.7 Å². The molecule has 0 fully saturated rings. The van der Waals surface area contributed by atoms with Crippen molar-refractivity contribution in [3.63, 3.8) is 0 Å². The van der Waals surface area contributed by atoms with Crippen LogP contribution in [-0.2, 0) is 0 Å². The first-order valence-corrected chi connectivity index (χ1v) is 5.92. The van der Waals surface area contributed by atoms with Crippen molar-refractivity contribution >= 4 is 17.3 Å². The van der Waals surface area contributed by atoms with Crippen LogP contribution in [-0.4, -0.2) is 9.97 Å². The number of aryl methyl sites for hydroxylation is 3. The van der Waals surface area contributed by atoms with Crippen LogP contribution in [0.4, 0.5) is 17.3 Å². The van der Waals surface area contributed by atoms with Crippen molar-refractivity contribution in [1.29, 1.82) is 0 Å². The summed E-state index contributed by atoms with van der Waals surface area (Å²) in [6.45, 7) is 7.93. The van der Waals surface area contributed by atoms with Crippen molar-refractivity contribution in [1.82, 2.24) is 9.97 Å². The molecule has 0 aliphatic heterocycles. The topological polar surface area (TPSA) is 63.8 Å². The van der Waals surface area contributed by atoms with Crippen LogP contribution < -0.4 is 11.1 Å². The molecule has 0 atom stereocenters. The van der Waals surface area contributed by atoms with Crippen molar-refractivity contribution in [2.24, 2.45) is 0 Å². The van der Waals surface area contributed by atoms with E-state index in [1.54, 1.807) is 0 Å². The number of nitrogens with two attached hydrogens (primary N) is 1. The summed E-state index contributed by atoms with van der Waals surface area (Å²) >= 11 is 0. The Labute approximate surface area is 107 Å². The number of hydrogen-bond acceptors (Lipinski definition) is 4. The van der Waals surface area contributed by atoms with E-state index in [4.69, 9.17) is 5.73 Å². The van der Waals surface area contributed by atoms with Crippen LogP contribution in [0.3, 0.4) is 0 Å².